The molecule has 0 amide bonds. The van der Waals surface area contributed by atoms with Crippen molar-refractivity contribution in [3.8, 4) is 11.5 Å². The fraction of sp³-hybridized carbons (Fsp3) is 0.600. The average molecular weight is 303 g/mol. The van der Waals surface area contributed by atoms with Crippen LogP contribution in [0.15, 0.2) is 18.2 Å². The quantitative estimate of drug-likeness (QED) is 0.743. The van der Waals surface area contributed by atoms with Gasteiger partial charge in [0, 0.05) is 19.0 Å². The number of hydrogen-bond donors (Lipinski definition) is 1. The van der Waals surface area contributed by atoms with E-state index >= 15 is 0 Å². The minimum atomic E-state index is -4.14. The van der Waals surface area contributed by atoms with Crippen LogP contribution in [0.1, 0.15) is 31.2 Å². The van der Waals surface area contributed by atoms with Crippen molar-refractivity contribution in [1.82, 2.24) is 5.32 Å². The van der Waals surface area contributed by atoms with Gasteiger partial charge in [0.2, 0.25) is 0 Å². The molecule has 1 aliphatic rings. The average Bonchev–Trinajstić information content (AvgIpc) is 3.24. The highest BCUT2D eigenvalue weighted by molar-refractivity contribution is 5.43. The zero-order chi connectivity index (χ0) is 15.3. The standard InChI is InChI=1S/C15H20F3NO2/c1-20-13-6-3-11(10-19-12-4-5-12)9-14(13)21-8-2-7-15(16,17)18/h3,6,9,12,19H,2,4-5,7-8,10H2,1H3. The highest BCUT2D eigenvalue weighted by Gasteiger charge is 2.26. The molecule has 0 saturated heterocycles. The molecular formula is C15H20F3NO2. The molecule has 0 aromatic heterocycles. The molecule has 118 valence electrons. The van der Waals surface area contributed by atoms with Gasteiger partial charge in [-0.25, -0.2) is 0 Å². The minimum Gasteiger partial charge on any atom is -0.493 e. The Hall–Kier alpha value is -1.43. The van der Waals surface area contributed by atoms with Crippen LogP contribution in [0.5, 0.6) is 11.5 Å². The maximum atomic E-state index is 12.1. The van der Waals surface area contributed by atoms with Crippen molar-refractivity contribution in [1.29, 1.82) is 0 Å². The van der Waals surface area contributed by atoms with E-state index in [1.54, 1.807) is 6.07 Å². The van der Waals surface area contributed by atoms with Gasteiger partial charge in [-0.2, -0.15) is 13.2 Å². The van der Waals surface area contributed by atoms with Gasteiger partial charge in [-0.1, -0.05) is 6.07 Å². The summed E-state index contributed by atoms with van der Waals surface area (Å²) in [5, 5.41) is 3.38. The fourth-order valence-corrected chi connectivity index (χ4v) is 1.95. The maximum Gasteiger partial charge on any atom is 0.389 e. The van der Waals surface area contributed by atoms with E-state index in [1.807, 2.05) is 12.1 Å². The Kier molecular flexibility index (Phi) is 5.33. The number of halogens is 3. The Morgan fingerprint density at radius 1 is 1.24 bits per heavy atom. The lowest BCUT2D eigenvalue weighted by molar-refractivity contribution is -0.136. The molecule has 3 nitrogen and oxygen atoms in total. The lowest BCUT2D eigenvalue weighted by Gasteiger charge is -2.13. The summed E-state index contributed by atoms with van der Waals surface area (Å²) in [4.78, 5) is 0. The molecule has 0 aliphatic heterocycles. The molecule has 1 aromatic carbocycles. The van der Waals surface area contributed by atoms with E-state index < -0.39 is 12.6 Å². The van der Waals surface area contributed by atoms with Gasteiger partial charge in [0.15, 0.2) is 11.5 Å². The number of hydrogen-bond acceptors (Lipinski definition) is 3. The van der Waals surface area contributed by atoms with Crippen LogP contribution in [-0.2, 0) is 6.54 Å². The number of ether oxygens (including phenoxy) is 2. The topological polar surface area (TPSA) is 30.5 Å². The molecule has 6 heteroatoms. The highest BCUT2D eigenvalue weighted by atomic mass is 19.4. The number of nitrogens with one attached hydrogen (secondary N) is 1. The van der Waals surface area contributed by atoms with Gasteiger partial charge in [-0.15, -0.1) is 0 Å². The molecule has 0 atom stereocenters. The van der Waals surface area contributed by atoms with Crippen molar-refractivity contribution < 1.29 is 22.6 Å². The van der Waals surface area contributed by atoms with Crippen LogP contribution >= 0.6 is 0 Å². The van der Waals surface area contributed by atoms with Crippen LogP contribution in [0.3, 0.4) is 0 Å². The van der Waals surface area contributed by atoms with E-state index in [9.17, 15) is 13.2 Å². The summed E-state index contributed by atoms with van der Waals surface area (Å²) in [5.41, 5.74) is 1.04. The predicted molar refractivity (Wildman–Crippen MR) is 73.6 cm³/mol. The van der Waals surface area contributed by atoms with Crippen molar-refractivity contribution in [2.45, 2.75) is 44.4 Å². The summed E-state index contributed by atoms with van der Waals surface area (Å²) in [5.74, 6) is 1.03. The Bertz CT molecular complexity index is 459. The molecule has 1 aliphatic carbocycles. The normalized spacial score (nSPS) is 15.0. The first-order valence-corrected chi connectivity index (χ1v) is 7.08. The second-order valence-electron chi connectivity index (χ2n) is 5.21. The molecule has 0 heterocycles. The first-order valence-electron chi connectivity index (χ1n) is 7.08. The number of benzene rings is 1. The molecule has 2 rings (SSSR count). The second kappa shape index (κ2) is 7.02. The summed E-state index contributed by atoms with van der Waals surface area (Å²) >= 11 is 0. The van der Waals surface area contributed by atoms with E-state index in [1.165, 1.54) is 20.0 Å². The molecule has 0 spiro atoms. The molecule has 1 aromatic rings. The van der Waals surface area contributed by atoms with E-state index in [2.05, 4.69) is 5.32 Å². The third kappa shape index (κ3) is 5.83. The summed E-state index contributed by atoms with van der Waals surface area (Å²) in [6.07, 6.45) is -2.62. The first kappa shape index (κ1) is 15.9. The second-order valence-corrected chi connectivity index (χ2v) is 5.21. The summed E-state index contributed by atoms with van der Waals surface area (Å²) in [7, 11) is 1.51. The van der Waals surface area contributed by atoms with Crippen LogP contribution < -0.4 is 14.8 Å². The van der Waals surface area contributed by atoms with Crippen LogP contribution in [0, 0.1) is 0 Å². The van der Waals surface area contributed by atoms with E-state index in [4.69, 9.17) is 9.47 Å². The van der Waals surface area contributed by atoms with Gasteiger partial charge < -0.3 is 14.8 Å². The van der Waals surface area contributed by atoms with Gasteiger partial charge in [0.05, 0.1) is 13.7 Å². The van der Waals surface area contributed by atoms with Gasteiger partial charge in [-0.3, -0.25) is 0 Å². The molecule has 0 radical (unpaired) electrons. The number of alkyl halides is 3. The highest BCUT2D eigenvalue weighted by Crippen LogP contribution is 2.29. The van der Waals surface area contributed by atoms with Crippen LogP contribution in [-0.4, -0.2) is 25.9 Å². The molecule has 1 saturated carbocycles. The van der Waals surface area contributed by atoms with Crippen LogP contribution in [0.4, 0.5) is 13.2 Å². The van der Waals surface area contributed by atoms with E-state index in [0.29, 0.717) is 17.5 Å². The fourth-order valence-electron chi connectivity index (χ4n) is 1.95. The summed E-state index contributed by atoms with van der Waals surface area (Å²) < 4.78 is 46.9. The van der Waals surface area contributed by atoms with Gasteiger partial charge >= 0.3 is 6.18 Å². The third-order valence-corrected chi connectivity index (χ3v) is 3.26. The lowest BCUT2D eigenvalue weighted by atomic mass is 10.2. The Labute approximate surface area is 122 Å². The lowest BCUT2D eigenvalue weighted by Crippen LogP contribution is -2.15. The first-order chi connectivity index (χ1) is 9.98. The Balaban J connectivity index is 1.86. The molecule has 1 N–H and O–H groups in total. The van der Waals surface area contributed by atoms with Crippen molar-refractivity contribution >= 4 is 0 Å². The molecule has 0 unspecified atom stereocenters. The zero-order valence-electron chi connectivity index (χ0n) is 12.0. The monoisotopic (exact) mass is 303 g/mol. The third-order valence-electron chi connectivity index (χ3n) is 3.26. The smallest absolute Gasteiger partial charge is 0.389 e. The molecular weight excluding hydrogens is 283 g/mol. The Morgan fingerprint density at radius 3 is 2.62 bits per heavy atom. The predicted octanol–water partition coefficient (Wildman–Crippen LogP) is 3.67. The zero-order valence-corrected chi connectivity index (χ0v) is 12.0. The number of methoxy groups -OCH3 is 1. The Morgan fingerprint density at radius 2 is 2.00 bits per heavy atom. The van der Waals surface area contributed by atoms with E-state index in [-0.39, 0.29) is 13.0 Å². The molecule has 21 heavy (non-hydrogen) atoms. The molecule has 1 fully saturated rings. The summed E-state index contributed by atoms with van der Waals surface area (Å²) in [6.45, 7) is 0.753. The van der Waals surface area contributed by atoms with Crippen molar-refractivity contribution in [3.63, 3.8) is 0 Å². The van der Waals surface area contributed by atoms with Crippen molar-refractivity contribution in [2.24, 2.45) is 0 Å². The van der Waals surface area contributed by atoms with Crippen LogP contribution in [0.25, 0.3) is 0 Å². The van der Waals surface area contributed by atoms with Gasteiger partial charge in [0.25, 0.3) is 0 Å². The number of rotatable bonds is 8. The van der Waals surface area contributed by atoms with Crippen molar-refractivity contribution in [3.05, 3.63) is 23.8 Å². The molecule has 0 bridgehead atoms. The largest absolute Gasteiger partial charge is 0.493 e. The van der Waals surface area contributed by atoms with Gasteiger partial charge in [-0.05, 0) is 37.0 Å². The van der Waals surface area contributed by atoms with Gasteiger partial charge in [0.1, 0.15) is 0 Å². The maximum absolute atomic E-state index is 12.1. The SMILES string of the molecule is COc1ccc(CNC2CC2)cc1OCCCC(F)(F)F. The minimum absolute atomic E-state index is 0.0232. The van der Waals surface area contributed by atoms with E-state index in [0.717, 1.165) is 12.1 Å². The summed E-state index contributed by atoms with van der Waals surface area (Å²) in [6, 6.07) is 6.13. The van der Waals surface area contributed by atoms with Crippen LogP contribution in [0.2, 0.25) is 0 Å². The van der Waals surface area contributed by atoms with Crippen molar-refractivity contribution in [2.75, 3.05) is 13.7 Å².